The average Bonchev–Trinajstić information content (AvgIpc) is 2.62. The van der Waals surface area contributed by atoms with Crippen LogP contribution in [0.25, 0.3) is 0 Å². The molecule has 2 N–H and O–H groups in total. The van der Waals surface area contributed by atoms with Crippen LogP contribution in [0.2, 0.25) is 10.0 Å². The maximum atomic E-state index is 12.7. The van der Waals surface area contributed by atoms with E-state index >= 15 is 0 Å². The number of carboxylic acids is 1. The van der Waals surface area contributed by atoms with E-state index in [9.17, 15) is 19.2 Å². The quantitative estimate of drug-likeness (QED) is 0.619. The molecule has 7 nitrogen and oxygen atoms in total. The highest BCUT2D eigenvalue weighted by Crippen LogP contribution is 2.21. The van der Waals surface area contributed by atoms with E-state index in [2.05, 4.69) is 0 Å². The van der Waals surface area contributed by atoms with Crippen molar-refractivity contribution in [3.8, 4) is 0 Å². The van der Waals surface area contributed by atoms with Gasteiger partial charge in [-0.05, 0) is 29.8 Å². The topological polar surface area (TPSA) is 109 Å². The summed E-state index contributed by atoms with van der Waals surface area (Å²) >= 11 is 11.9. The number of ketones is 1. The van der Waals surface area contributed by atoms with Crippen molar-refractivity contribution in [2.45, 2.75) is 6.54 Å². The fraction of sp³-hybridized carbons (Fsp3) is 0.0526. The van der Waals surface area contributed by atoms with Gasteiger partial charge in [0.1, 0.15) is 5.56 Å². The zero-order valence-electron chi connectivity index (χ0n) is 14.1. The Labute approximate surface area is 167 Å². The molecule has 0 fully saturated rings. The summed E-state index contributed by atoms with van der Waals surface area (Å²) in [5.74, 6) is -1.76. The van der Waals surface area contributed by atoms with Crippen molar-refractivity contribution in [2.24, 2.45) is 0 Å². The van der Waals surface area contributed by atoms with Crippen LogP contribution < -0.4 is 11.2 Å². The average molecular weight is 419 g/mol. The number of carbonyl (C=O) groups is 2. The Hall–Kier alpha value is -3.16. The van der Waals surface area contributed by atoms with E-state index in [0.29, 0.717) is 26.7 Å². The fourth-order valence-corrected chi connectivity index (χ4v) is 3.16. The van der Waals surface area contributed by atoms with Gasteiger partial charge in [0.25, 0.3) is 5.56 Å². The lowest BCUT2D eigenvalue weighted by Crippen LogP contribution is -2.33. The highest BCUT2D eigenvalue weighted by molar-refractivity contribution is 6.35. The number of aromatic carboxylic acids is 1. The molecule has 0 spiro atoms. The van der Waals surface area contributed by atoms with Gasteiger partial charge in [0, 0.05) is 27.4 Å². The number of carboxylic acid groups (broad SMARTS) is 1. The molecule has 28 heavy (non-hydrogen) atoms. The number of hydrogen-bond acceptors (Lipinski definition) is 4. The van der Waals surface area contributed by atoms with Crippen LogP contribution in [-0.4, -0.2) is 26.4 Å². The van der Waals surface area contributed by atoms with Crippen LogP contribution >= 0.6 is 23.2 Å². The number of carbonyl (C=O) groups excluding carboxylic acids is 1. The molecular formula is C19H12Cl2N2O5. The first-order valence-corrected chi connectivity index (χ1v) is 8.67. The van der Waals surface area contributed by atoms with Gasteiger partial charge < -0.3 is 5.11 Å². The molecule has 3 aromatic rings. The minimum atomic E-state index is -1.45. The minimum Gasteiger partial charge on any atom is -0.477 e. The molecule has 0 atom stereocenters. The summed E-state index contributed by atoms with van der Waals surface area (Å²) in [5, 5.41) is 9.69. The number of H-pyrrole nitrogens is 1. The molecule has 0 aliphatic heterocycles. The maximum absolute atomic E-state index is 12.7. The van der Waals surface area contributed by atoms with Crippen LogP contribution in [0.3, 0.4) is 0 Å². The predicted octanol–water partition coefficient (Wildman–Crippen LogP) is 2.82. The molecule has 2 aromatic carbocycles. The van der Waals surface area contributed by atoms with E-state index in [4.69, 9.17) is 28.3 Å². The Morgan fingerprint density at radius 2 is 1.68 bits per heavy atom. The fourth-order valence-electron chi connectivity index (χ4n) is 2.64. The second kappa shape index (κ2) is 7.84. The molecule has 0 saturated carbocycles. The Balaban J connectivity index is 1.95. The summed E-state index contributed by atoms with van der Waals surface area (Å²) in [4.78, 5) is 49.2. The number of nitrogens with one attached hydrogen (secondary N) is 1. The van der Waals surface area contributed by atoms with E-state index in [1.54, 1.807) is 24.3 Å². The van der Waals surface area contributed by atoms with Crippen LogP contribution in [0.15, 0.2) is 58.3 Å². The first-order chi connectivity index (χ1) is 13.2. The Morgan fingerprint density at radius 3 is 2.32 bits per heavy atom. The highest BCUT2D eigenvalue weighted by atomic mass is 35.5. The first kappa shape index (κ1) is 19.6. The smallest absolute Gasteiger partial charge is 0.342 e. The number of rotatable bonds is 5. The van der Waals surface area contributed by atoms with Crippen molar-refractivity contribution >= 4 is 35.0 Å². The Morgan fingerprint density at radius 1 is 1.00 bits per heavy atom. The second-order valence-electron chi connectivity index (χ2n) is 5.92. The lowest BCUT2D eigenvalue weighted by Gasteiger charge is -2.08. The number of aromatic amines is 1. The summed E-state index contributed by atoms with van der Waals surface area (Å²) < 4.78 is 1.05. The monoisotopic (exact) mass is 418 g/mol. The standard InChI is InChI=1S/C19H12Cl2N2O5/c20-13-5-12(6-14(21)7-13)16(24)11-3-1-2-10(4-11)8-23-9-15(18(26)27)17(25)22-19(23)28/h1-7,9H,8H2,(H,26,27)(H,22,25,28). The number of aromatic nitrogens is 2. The molecule has 9 heteroatoms. The third kappa shape index (κ3) is 4.21. The van der Waals surface area contributed by atoms with Gasteiger partial charge in [-0.2, -0.15) is 0 Å². The summed E-state index contributed by atoms with van der Waals surface area (Å²) in [6.07, 6.45) is 0.967. The van der Waals surface area contributed by atoms with E-state index in [-0.39, 0.29) is 12.3 Å². The van der Waals surface area contributed by atoms with Gasteiger partial charge >= 0.3 is 11.7 Å². The molecule has 142 valence electrons. The molecule has 0 saturated heterocycles. The SMILES string of the molecule is O=C(c1cc(Cl)cc(Cl)c1)c1cccc(Cn2cc(C(=O)O)c(=O)[nH]c2=O)c1. The minimum absolute atomic E-state index is 0.0344. The van der Waals surface area contributed by atoms with Gasteiger partial charge in [0.15, 0.2) is 5.78 Å². The van der Waals surface area contributed by atoms with Crippen LogP contribution in [0.1, 0.15) is 31.8 Å². The van der Waals surface area contributed by atoms with Crippen molar-refractivity contribution in [1.82, 2.24) is 9.55 Å². The molecule has 1 heterocycles. The molecule has 0 amide bonds. The van der Waals surface area contributed by atoms with Crippen molar-refractivity contribution in [1.29, 1.82) is 0 Å². The molecule has 1 aromatic heterocycles. The molecule has 0 radical (unpaired) electrons. The zero-order valence-corrected chi connectivity index (χ0v) is 15.6. The van der Waals surface area contributed by atoms with Gasteiger partial charge in [0.2, 0.25) is 0 Å². The number of halogens is 2. The van der Waals surface area contributed by atoms with Crippen molar-refractivity contribution in [3.63, 3.8) is 0 Å². The van der Waals surface area contributed by atoms with Gasteiger partial charge in [-0.3, -0.25) is 19.1 Å². The maximum Gasteiger partial charge on any atom is 0.342 e. The van der Waals surface area contributed by atoms with Crippen LogP contribution in [0.5, 0.6) is 0 Å². The van der Waals surface area contributed by atoms with Crippen molar-refractivity contribution < 1.29 is 14.7 Å². The summed E-state index contributed by atoms with van der Waals surface area (Å²) in [6, 6.07) is 11.0. The van der Waals surface area contributed by atoms with Crippen LogP contribution in [0, 0.1) is 0 Å². The van der Waals surface area contributed by atoms with Gasteiger partial charge in [0.05, 0.1) is 6.54 Å². The molecular weight excluding hydrogens is 407 g/mol. The Kier molecular flexibility index (Phi) is 5.48. The molecule has 0 aliphatic carbocycles. The normalized spacial score (nSPS) is 10.6. The van der Waals surface area contributed by atoms with E-state index < -0.39 is 22.8 Å². The molecule has 0 aliphatic rings. The Bertz CT molecular complexity index is 1190. The van der Waals surface area contributed by atoms with E-state index in [0.717, 1.165) is 10.8 Å². The van der Waals surface area contributed by atoms with Crippen molar-refractivity contribution in [2.75, 3.05) is 0 Å². The van der Waals surface area contributed by atoms with E-state index in [1.165, 1.54) is 18.2 Å². The molecule has 0 bridgehead atoms. The summed E-state index contributed by atoms with van der Waals surface area (Å²) in [7, 11) is 0. The highest BCUT2D eigenvalue weighted by Gasteiger charge is 2.14. The largest absolute Gasteiger partial charge is 0.477 e. The summed E-state index contributed by atoms with van der Waals surface area (Å²) in [6.45, 7) is -0.0344. The third-order valence-corrected chi connectivity index (χ3v) is 4.34. The number of benzene rings is 2. The zero-order chi connectivity index (χ0) is 20.4. The first-order valence-electron chi connectivity index (χ1n) is 7.91. The third-order valence-electron chi connectivity index (χ3n) is 3.91. The van der Waals surface area contributed by atoms with Crippen molar-refractivity contribution in [3.05, 3.63) is 102 Å². The predicted molar refractivity (Wildman–Crippen MR) is 104 cm³/mol. The van der Waals surface area contributed by atoms with Gasteiger partial charge in [-0.1, -0.05) is 41.4 Å². The lowest BCUT2D eigenvalue weighted by molar-refractivity contribution is 0.0693. The molecule has 0 unspecified atom stereocenters. The number of hydrogen-bond donors (Lipinski definition) is 2. The van der Waals surface area contributed by atoms with Crippen LogP contribution in [-0.2, 0) is 6.54 Å². The summed E-state index contributed by atoms with van der Waals surface area (Å²) in [5.41, 5.74) is -1.08. The van der Waals surface area contributed by atoms with Gasteiger partial charge in [-0.25, -0.2) is 9.59 Å². The van der Waals surface area contributed by atoms with Gasteiger partial charge in [-0.15, -0.1) is 0 Å². The second-order valence-corrected chi connectivity index (χ2v) is 6.80. The lowest BCUT2D eigenvalue weighted by atomic mass is 10.0. The van der Waals surface area contributed by atoms with E-state index in [1.807, 2.05) is 4.98 Å². The molecule has 3 rings (SSSR count). The number of nitrogens with zero attached hydrogens (tertiary/aromatic N) is 1. The van der Waals surface area contributed by atoms with Crippen LogP contribution in [0.4, 0.5) is 0 Å².